The Labute approximate surface area is 162 Å². The summed E-state index contributed by atoms with van der Waals surface area (Å²) in [6, 6.07) is 11.5. The molecular weight excluding hydrogens is 360 g/mol. The highest BCUT2D eigenvalue weighted by atomic mass is 32.1. The first-order chi connectivity index (χ1) is 12.9. The summed E-state index contributed by atoms with van der Waals surface area (Å²) in [7, 11) is 3.84. The van der Waals surface area contributed by atoms with Crippen molar-refractivity contribution >= 4 is 28.7 Å². The van der Waals surface area contributed by atoms with Crippen LogP contribution >= 0.6 is 11.3 Å². The zero-order valence-electron chi connectivity index (χ0n) is 15.8. The van der Waals surface area contributed by atoms with Gasteiger partial charge in [-0.15, -0.1) is 11.3 Å². The molecule has 27 heavy (non-hydrogen) atoms. The van der Waals surface area contributed by atoms with Crippen molar-refractivity contribution < 1.29 is 9.53 Å². The van der Waals surface area contributed by atoms with Gasteiger partial charge < -0.3 is 15.0 Å². The van der Waals surface area contributed by atoms with E-state index in [0.717, 1.165) is 16.6 Å². The van der Waals surface area contributed by atoms with E-state index in [9.17, 15) is 4.79 Å². The van der Waals surface area contributed by atoms with Gasteiger partial charge in [-0.2, -0.15) is 0 Å². The van der Waals surface area contributed by atoms with Crippen LogP contribution in [0.5, 0.6) is 5.75 Å². The zero-order chi connectivity index (χ0) is 19.4. The third-order valence-electron chi connectivity index (χ3n) is 3.89. The summed E-state index contributed by atoms with van der Waals surface area (Å²) in [5, 5.41) is 3.63. The van der Waals surface area contributed by atoms with Crippen LogP contribution < -0.4 is 15.0 Å². The maximum absolute atomic E-state index is 12.6. The van der Waals surface area contributed by atoms with Crippen LogP contribution in [0.15, 0.2) is 42.6 Å². The molecule has 0 aliphatic heterocycles. The van der Waals surface area contributed by atoms with Crippen LogP contribution in [-0.4, -0.2) is 30.0 Å². The number of carbonyl (C=O) groups is 1. The standard InChI is InChI=1S/C20H22N4O2S/c1-13-5-8-16(9-6-13)26-12-18-22-14(2)19(27-18)20(25)23-15-7-10-17(21-11-15)24(3)4/h5-11H,12H2,1-4H3,(H,23,25). The molecule has 0 saturated heterocycles. The predicted molar refractivity (Wildman–Crippen MR) is 109 cm³/mol. The highest BCUT2D eigenvalue weighted by Gasteiger charge is 2.16. The number of nitrogens with zero attached hydrogens (tertiary/aromatic N) is 3. The number of rotatable bonds is 6. The van der Waals surface area contributed by atoms with Crippen molar-refractivity contribution in [1.29, 1.82) is 0 Å². The fourth-order valence-electron chi connectivity index (χ4n) is 2.42. The third kappa shape index (κ3) is 4.83. The lowest BCUT2D eigenvalue weighted by molar-refractivity contribution is 0.103. The summed E-state index contributed by atoms with van der Waals surface area (Å²) in [6.45, 7) is 4.19. The Morgan fingerprint density at radius 3 is 2.52 bits per heavy atom. The second-order valence-electron chi connectivity index (χ2n) is 6.38. The minimum Gasteiger partial charge on any atom is -0.486 e. The normalized spacial score (nSPS) is 10.5. The van der Waals surface area contributed by atoms with E-state index >= 15 is 0 Å². The Morgan fingerprint density at radius 1 is 1.15 bits per heavy atom. The smallest absolute Gasteiger partial charge is 0.267 e. The SMILES string of the molecule is Cc1ccc(OCc2nc(C)c(C(=O)Nc3ccc(N(C)C)nc3)s2)cc1. The van der Waals surface area contributed by atoms with Gasteiger partial charge in [0.05, 0.1) is 17.6 Å². The molecule has 6 nitrogen and oxygen atoms in total. The van der Waals surface area contributed by atoms with Crippen LogP contribution in [-0.2, 0) is 6.61 Å². The van der Waals surface area contributed by atoms with Gasteiger partial charge in [0.1, 0.15) is 28.1 Å². The maximum Gasteiger partial charge on any atom is 0.267 e. The largest absolute Gasteiger partial charge is 0.486 e. The van der Waals surface area contributed by atoms with Gasteiger partial charge in [-0.05, 0) is 38.1 Å². The number of nitrogens with one attached hydrogen (secondary N) is 1. The van der Waals surface area contributed by atoms with Gasteiger partial charge in [-0.1, -0.05) is 17.7 Å². The predicted octanol–water partition coefficient (Wildman–Crippen LogP) is 4.05. The molecular formula is C20H22N4O2S. The molecule has 0 atom stereocenters. The average Bonchev–Trinajstić information content (AvgIpc) is 3.02. The monoisotopic (exact) mass is 382 g/mol. The molecule has 7 heteroatoms. The van der Waals surface area contributed by atoms with Crippen molar-refractivity contribution in [2.24, 2.45) is 0 Å². The number of aromatic nitrogens is 2. The summed E-state index contributed by atoms with van der Waals surface area (Å²) >= 11 is 1.34. The molecule has 1 N–H and O–H groups in total. The van der Waals surface area contributed by atoms with Crippen molar-refractivity contribution in [1.82, 2.24) is 9.97 Å². The number of hydrogen-bond donors (Lipinski definition) is 1. The lowest BCUT2D eigenvalue weighted by Gasteiger charge is -2.11. The summed E-state index contributed by atoms with van der Waals surface area (Å²) in [6.07, 6.45) is 1.64. The number of anilines is 2. The van der Waals surface area contributed by atoms with Crippen LogP contribution in [0, 0.1) is 13.8 Å². The fourth-order valence-corrected chi connectivity index (χ4v) is 3.29. The van der Waals surface area contributed by atoms with E-state index in [0.29, 0.717) is 22.9 Å². The zero-order valence-corrected chi connectivity index (χ0v) is 16.6. The second kappa shape index (κ2) is 8.18. The van der Waals surface area contributed by atoms with E-state index in [1.165, 1.54) is 16.9 Å². The maximum atomic E-state index is 12.6. The average molecular weight is 382 g/mol. The van der Waals surface area contributed by atoms with Crippen LogP contribution in [0.2, 0.25) is 0 Å². The first-order valence-electron chi connectivity index (χ1n) is 8.53. The number of carbonyl (C=O) groups excluding carboxylic acids is 1. The van der Waals surface area contributed by atoms with Gasteiger partial charge in [0.25, 0.3) is 5.91 Å². The summed E-state index contributed by atoms with van der Waals surface area (Å²) < 4.78 is 5.75. The lowest BCUT2D eigenvalue weighted by Crippen LogP contribution is -2.13. The van der Waals surface area contributed by atoms with E-state index < -0.39 is 0 Å². The number of amides is 1. The van der Waals surface area contributed by atoms with Crippen LogP contribution in [0.25, 0.3) is 0 Å². The number of thiazole rings is 1. The lowest BCUT2D eigenvalue weighted by atomic mass is 10.2. The summed E-state index contributed by atoms with van der Waals surface area (Å²) in [5.41, 5.74) is 2.52. The van der Waals surface area contributed by atoms with Crippen molar-refractivity contribution in [3.05, 3.63) is 63.7 Å². The van der Waals surface area contributed by atoms with Crippen molar-refractivity contribution in [3.8, 4) is 5.75 Å². The first kappa shape index (κ1) is 18.8. The van der Waals surface area contributed by atoms with Crippen molar-refractivity contribution in [2.75, 3.05) is 24.3 Å². The molecule has 0 aliphatic carbocycles. The molecule has 0 fully saturated rings. The highest BCUT2D eigenvalue weighted by molar-refractivity contribution is 7.13. The van der Waals surface area contributed by atoms with E-state index in [-0.39, 0.29) is 5.91 Å². The molecule has 140 valence electrons. The summed E-state index contributed by atoms with van der Waals surface area (Å²) in [4.78, 5) is 23.8. The molecule has 0 bridgehead atoms. The fraction of sp³-hybridized carbons (Fsp3) is 0.250. The molecule has 0 saturated carbocycles. The van der Waals surface area contributed by atoms with Gasteiger partial charge in [0.15, 0.2) is 0 Å². The third-order valence-corrected chi connectivity index (χ3v) is 5.02. The number of benzene rings is 1. The van der Waals surface area contributed by atoms with Crippen LogP contribution in [0.1, 0.15) is 25.9 Å². The Bertz CT molecular complexity index is 918. The van der Waals surface area contributed by atoms with E-state index in [2.05, 4.69) is 15.3 Å². The first-order valence-corrected chi connectivity index (χ1v) is 9.34. The number of pyridine rings is 1. The topological polar surface area (TPSA) is 67.3 Å². The highest BCUT2D eigenvalue weighted by Crippen LogP contribution is 2.22. The Kier molecular flexibility index (Phi) is 5.71. The van der Waals surface area contributed by atoms with Gasteiger partial charge in [0.2, 0.25) is 0 Å². The second-order valence-corrected chi connectivity index (χ2v) is 7.46. The molecule has 0 spiro atoms. The van der Waals surface area contributed by atoms with Crippen molar-refractivity contribution in [2.45, 2.75) is 20.5 Å². The minimum atomic E-state index is -0.189. The van der Waals surface area contributed by atoms with Gasteiger partial charge in [-0.3, -0.25) is 4.79 Å². The van der Waals surface area contributed by atoms with E-state index in [1.807, 2.05) is 69.2 Å². The molecule has 0 radical (unpaired) electrons. The van der Waals surface area contributed by atoms with Gasteiger partial charge in [-0.25, -0.2) is 9.97 Å². The molecule has 0 unspecified atom stereocenters. The van der Waals surface area contributed by atoms with Crippen LogP contribution in [0.4, 0.5) is 11.5 Å². The molecule has 2 aromatic heterocycles. The number of ether oxygens (including phenoxy) is 1. The molecule has 2 heterocycles. The molecule has 3 aromatic rings. The Morgan fingerprint density at radius 2 is 1.89 bits per heavy atom. The Balaban J connectivity index is 1.64. The van der Waals surface area contributed by atoms with Gasteiger partial charge >= 0.3 is 0 Å². The van der Waals surface area contributed by atoms with Gasteiger partial charge in [0, 0.05) is 14.1 Å². The van der Waals surface area contributed by atoms with Crippen LogP contribution in [0.3, 0.4) is 0 Å². The van der Waals surface area contributed by atoms with E-state index in [1.54, 1.807) is 6.20 Å². The van der Waals surface area contributed by atoms with Crippen molar-refractivity contribution in [3.63, 3.8) is 0 Å². The van der Waals surface area contributed by atoms with E-state index in [4.69, 9.17) is 4.74 Å². The molecule has 3 rings (SSSR count). The molecule has 1 aromatic carbocycles. The minimum absolute atomic E-state index is 0.189. The quantitative estimate of drug-likeness (QED) is 0.697. The number of hydrogen-bond acceptors (Lipinski definition) is 6. The number of aryl methyl sites for hydroxylation is 2. The Hall–Kier alpha value is -2.93. The molecule has 1 amide bonds. The molecule has 0 aliphatic rings. The summed E-state index contributed by atoms with van der Waals surface area (Å²) in [5.74, 6) is 1.43.